The predicted octanol–water partition coefficient (Wildman–Crippen LogP) is 6.06. The Labute approximate surface area is 207 Å². The van der Waals surface area contributed by atoms with Crippen molar-refractivity contribution in [2.24, 2.45) is 5.92 Å². The Morgan fingerprint density at radius 3 is 2.57 bits per heavy atom. The number of rotatable bonds is 10. The molecular formula is C30H33NO4. The van der Waals surface area contributed by atoms with Gasteiger partial charge in [-0.05, 0) is 102 Å². The smallest absolute Gasteiger partial charge is 0.307 e. The Bertz CT molecular complexity index is 1190. The lowest BCUT2D eigenvalue weighted by Gasteiger charge is -2.14. The van der Waals surface area contributed by atoms with Gasteiger partial charge in [0, 0.05) is 18.8 Å². The van der Waals surface area contributed by atoms with E-state index in [0.717, 1.165) is 49.2 Å². The van der Waals surface area contributed by atoms with Crippen LogP contribution in [0.25, 0.3) is 11.1 Å². The second kappa shape index (κ2) is 10.5. The maximum Gasteiger partial charge on any atom is 0.307 e. The number of ether oxygens (including phenoxy) is 2. The molecule has 35 heavy (non-hydrogen) atoms. The number of aliphatic carboxylic acids is 1. The molecule has 5 rings (SSSR count). The van der Waals surface area contributed by atoms with Gasteiger partial charge >= 0.3 is 5.97 Å². The summed E-state index contributed by atoms with van der Waals surface area (Å²) in [5, 5.41) is 12.7. The summed E-state index contributed by atoms with van der Waals surface area (Å²) >= 11 is 0. The Morgan fingerprint density at radius 2 is 1.80 bits per heavy atom. The van der Waals surface area contributed by atoms with Crippen molar-refractivity contribution in [3.8, 4) is 16.9 Å². The lowest BCUT2D eigenvalue weighted by Crippen LogP contribution is -2.06. The SMILES string of the molecule is CCOCCOc1ccc2c(c1)CCCc1ccc(CNc3ccc([C@H]4C[C@@H]4C(=O)O)cc3)cc1-2. The van der Waals surface area contributed by atoms with Crippen LogP contribution in [-0.2, 0) is 28.9 Å². The van der Waals surface area contributed by atoms with Crippen LogP contribution in [-0.4, -0.2) is 30.9 Å². The second-order valence-electron chi connectivity index (χ2n) is 9.47. The van der Waals surface area contributed by atoms with Gasteiger partial charge in [-0.15, -0.1) is 0 Å². The maximum absolute atomic E-state index is 11.1. The molecule has 2 aliphatic carbocycles. The lowest BCUT2D eigenvalue weighted by atomic mass is 9.94. The molecule has 5 nitrogen and oxygen atoms in total. The van der Waals surface area contributed by atoms with Gasteiger partial charge in [-0.2, -0.15) is 0 Å². The predicted molar refractivity (Wildman–Crippen MR) is 138 cm³/mol. The topological polar surface area (TPSA) is 67.8 Å². The zero-order chi connectivity index (χ0) is 24.2. The molecule has 0 radical (unpaired) electrons. The van der Waals surface area contributed by atoms with Crippen molar-refractivity contribution < 1.29 is 19.4 Å². The molecule has 2 aliphatic rings. The average molecular weight is 472 g/mol. The first kappa shape index (κ1) is 23.4. The van der Waals surface area contributed by atoms with E-state index < -0.39 is 5.97 Å². The Balaban J connectivity index is 1.26. The number of carboxylic acids is 1. The number of nitrogens with one attached hydrogen (secondary N) is 1. The van der Waals surface area contributed by atoms with Crippen molar-refractivity contribution in [1.29, 1.82) is 0 Å². The molecule has 1 fully saturated rings. The lowest BCUT2D eigenvalue weighted by molar-refractivity contribution is -0.138. The Hall–Kier alpha value is -3.31. The third kappa shape index (κ3) is 5.51. The van der Waals surface area contributed by atoms with Crippen LogP contribution < -0.4 is 10.1 Å². The van der Waals surface area contributed by atoms with Crippen molar-refractivity contribution in [1.82, 2.24) is 0 Å². The molecule has 2 atom stereocenters. The van der Waals surface area contributed by atoms with Crippen molar-refractivity contribution >= 4 is 11.7 Å². The minimum atomic E-state index is -0.688. The third-order valence-electron chi connectivity index (χ3n) is 7.08. The number of anilines is 1. The maximum atomic E-state index is 11.1. The van der Waals surface area contributed by atoms with Crippen LogP contribution >= 0.6 is 0 Å². The van der Waals surface area contributed by atoms with Crippen LogP contribution in [0.2, 0.25) is 0 Å². The average Bonchev–Trinajstić information content (AvgIpc) is 3.69. The number of aryl methyl sites for hydroxylation is 2. The van der Waals surface area contributed by atoms with Gasteiger partial charge < -0.3 is 19.9 Å². The summed E-state index contributed by atoms with van der Waals surface area (Å²) in [6.45, 7) is 4.62. The Morgan fingerprint density at radius 1 is 0.971 bits per heavy atom. The fourth-order valence-electron chi connectivity index (χ4n) is 5.05. The molecule has 0 heterocycles. The first-order valence-corrected chi connectivity index (χ1v) is 12.6. The quantitative estimate of drug-likeness (QED) is 0.352. The summed E-state index contributed by atoms with van der Waals surface area (Å²) in [7, 11) is 0. The summed E-state index contributed by atoms with van der Waals surface area (Å²) < 4.78 is 11.3. The highest BCUT2D eigenvalue weighted by Crippen LogP contribution is 2.47. The van der Waals surface area contributed by atoms with Crippen LogP contribution in [0.5, 0.6) is 5.75 Å². The van der Waals surface area contributed by atoms with Crippen molar-refractivity contribution in [3.05, 3.63) is 82.9 Å². The zero-order valence-corrected chi connectivity index (χ0v) is 20.3. The van der Waals surface area contributed by atoms with E-state index in [-0.39, 0.29) is 11.8 Å². The van der Waals surface area contributed by atoms with E-state index in [1.807, 2.05) is 6.92 Å². The number of hydrogen-bond donors (Lipinski definition) is 2. The molecule has 1 saturated carbocycles. The molecule has 0 amide bonds. The molecule has 3 aromatic rings. The highest BCUT2D eigenvalue weighted by Gasteiger charge is 2.43. The molecule has 2 N–H and O–H groups in total. The minimum absolute atomic E-state index is 0.168. The molecule has 5 heteroatoms. The molecule has 0 unspecified atom stereocenters. The van der Waals surface area contributed by atoms with E-state index in [2.05, 4.69) is 66.0 Å². The van der Waals surface area contributed by atoms with E-state index in [9.17, 15) is 4.79 Å². The summed E-state index contributed by atoms with van der Waals surface area (Å²) in [4.78, 5) is 11.1. The fourth-order valence-corrected chi connectivity index (χ4v) is 5.05. The first-order valence-electron chi connectivity index (χ1n) is 12.6. The Kier molecular flexibility index (Phi) is 7.05. The van der Waals surface area contributed by atoms with E-state index >= 15 is 0 Å². The van der Waals surface area contributed by atoms with E-state index in [0.29, 0.717) is 19.8 Å². The normalized spacial score (nSPS) is 18.2. The highest BCUT2D eigenvalue weighted by atomic mass is 16.5. The number of benzene rings is 3. The summed E-state index contributed by atoms with van der Waals surface area (Å²) in [5.74, 6) is 0.178. The number of carboxylic acid groups (broad SMARTS) is 1. The molecule has 0 bridgehead atoms. The fraction of sp³-hybridized carbons (Fsp3) is 0.367. The zero-order valence-electron chi connectivity index (χ0n) is 20.3. The third-order valence-corrected chi connectivity index (χ3v) is 7.08. The van der Waals surface area contributed by atoms with Gasteiger partial charge in [-0.1, -0.05) is 30.3 Å². The monoisotopic (exact) mass is 471 g/mol. The van der Waals surface area contributed by atoms with Crippen molar-refractivity contribution in [2.75, 3.05) is 25.1 Å². The van der Waals surface area contributed by atoms with Gasteiger partial charge in [0.05, 0.1) is 12.5 Å². The number of fused-ring (bicyclic) bond motifs is 3. The van der Waals surface area contributed by atoms with Crippen molar-refractivity contribution in [2.45, 2.75) is 45.1 Å². The van der Waals surface area contributed by atoms with E-state index in [4.69, 9.17) is 14.6 Å². The van der Waals surface area contributed by atoms with Gasteiger partial charge in [0.2, 0.25) is 0 Å². The van der Waals surface area contributed by atoms with Gasteiger partial charge in [0.25, 0.3) is 0 Å². The van der Waals surface area contributed by atoms with Crippen LogP contribution in [0.15, 0.2) is 60.7 Å². The molecular weight excluding hydrogens is 438 g/mol. The number of hydrogen-bond acceptors (Lipinski definition) is 4. The summed E-state index contributed by atoms with van der Waals surface area (Å²) in [6, 6.07) is 21.5. The van der Waals surface area contributed by atoms with E-state index in [1.54, 1.807) is 0 Å². The van der Waals surface area contributed by atoms with E-state index in [1.165, 1.54) is 27.8 Å². The van der Waals surface area contributed by atoms with Crippen LogP contribution in [0.3, 0.4) is 0 Å². The van der Waals surface area contributed by atoms with Crippen LogP contribution in [0, 0.1) is 5.92 Å². The van der Waals surface area contributed by atoms with Gasteiger partial charge in [-0.3, -0.25) is 4.79 Å². The summed E-state index contributed by atoms with van der Waals surface area (Å²) in [5.41, 5.74) is 8.78. The second-order valence-corrected chi connectivity index (χ2v) is 9.47. The van der Waals surface area contributed by atoms with Crippen LogP contribution in [0.1, 0.15) is 47.9 Å². The molecule has 0 aromatic heterocycles. The molecule has 0 aliphatic heterocycles. The van der Waals surface area contributed by atoms with Crippen LogP contribution in [0.4, 0.5) is 5.69 Å². The summed E-state index contributed by atoms with van der Waals surface area (Å²) in [6.07, 6.45) is 4.02. The molecule has 0 saturated heterocycles. The van der Waals surface area contributed by atoms with Gasteiger partial charge in [0.15, 0.2) is 0 Å². The van der Waals surface area contributed by atoms with Gasteiger partial charge in [0.1, 0.15) is 12.4 Å². The minimum Gasteiger partial charge on any atom is -0.491 e. The van der Waals surface area contributed by atoms with Gasteiger partial charge in [-0.25, -0.2) is 0 Å². The number of carbonyl (C=O) groups is 1. The molecule has 3 aromatic carbocycles. The molecule has 0 spiro atoms. The standard InChI is InChI=1S/C30H33NO4/c1-2-34-14-15-35-25-12-13-26-23(17-25)5-3-4-21-7-6-20(16-27(21)26)19-31-24-10-8-22(9-11-24)28-18-29(28)30(32)33/h6-13,16-17,28-29,31H,2-5,14-15,18-19H2,1H3,(H,32,33)/t28-,29+/m1/s1. The van der Waals surface area contributed by atoms with Crippen molar-refractivity contribution in [3.63, 3.8) is 0 Å². The highest BCUT2D eigenvalue weighted by molar-refractivity contribution is 5.75. The largest absolute Gasteiger partial charge is 0.491 e. The molecule has 182 valence electrons. The first-order chi connectivity index (χ1) is 17.1.